The molecule has 2 heterocycles. The fourth-order valence-corrected chi connectivity index (χ4v) is 5.71. The number of urea groups is 1. The van der Waals surface area contributed by atoms with Crippen LogP contribution in [0.1, 0.15) is 38.3 Å². The molecule has 6 nitrogen and oxygen atoms in total. The number of halogens is 4. The quantitative estimate of drug-likeness (QED) is 0.326. The minimum atomic E-state index is -0.590. The average Bonchev–Trinajstić information content (AvgIpc) is 2.88. The van der Waals surface area contributed by atoms with Gasteiger partial charge in [0.2, 0.25) is 0 Å². The maximum absolute atomic E-state index is 14.0. The van der Waals surface area contributed by atoms with E-state index in [9.17, 15) is 14.0 Å². The third-order valence-corrected chi connectivity index (χ3v) is 7.62. The largest absolute Gasteiger partial charge is 0.444 e. The van der Waals surface area contributed by atoms with E-state index in [0.29, 0.717) is 46.5 Å². The number of carbonyl (C=O) groups is 2. The first-order valence-corrected chi connectivity index (χ1v) is 13.9. The standard InChI is InChI=1S/C30H27Cl3FN3O3/c1-30(2,3)40-29(39)36-11-9-17(10-12-36)18-13-21(20-8-7-19(34)15-25(20)33)22-16-35-28(38)37(26(22)14-18)27-23(31)5-4-6-24(27)32/h4-9,13-15H,10-12,16H2,1-3H3,(H,35,38). The SMILES string of the molecule is CC(C)(C)OC(=O)N1CC=C(c2cc(-c3ccc(F)cc3Cl)c3c(c2)N(c2c(Cl)cccc2Cl)C(=O)NC3)CC1. The monoisotopic (exact) mass is 601 g/mol. The van der Waals surface area contributed by atoms with Gasteiger partial charge in [0.05, 0.1) is 26.4 Å². The number of nitrogens with zero attached hydrogens (tertiary/aromatic N) is 2. The number of hydrogen-bond acceptors (Lipinski definition) is 3. The van der Waals surface area contributed by atoms with Crippen LogP contribution in [0.15, 0.2) is 54.6 Å². The lowest BCUT2D eigenvalue weighted by Crippen LogP contribution is -2.42. The molecule has 2 aliphatic rings. The highest BCUT2D eigenvalue weighted by molar-refractivity contribution is 6.40. The lowest BCUT2D eigenvalue weighted by Gasteiger charge is -2.34. The Labute approximate surface area is 247 Å². The van der Waals surface area contributed by atoms with Gasteiger partial charge in [0.15, 0.2) is 0 Å². The Morgan fingerprint density at radius 2 is 1.73 bits per heavy atom. The summed E-state index contributed by atoms with van der Waals surface area (Å²) < 4.78 is 19.5. The van der Waals surface area contributed by atoms with E-state index in [-0.39, 0.29) is 23.7 Å². The molecule has 0 aliphatic carbocycles. The number of rotatable bonds is 3. The van der Waals surface area contributed by atoms with Gasteiger partial charge in [0.1, 0.15) is 11.4 Å². The van der Waals surface area contributed by atoms with Crippen LogP contribution in [0.25, 0.3) is 16.7 Å². The van der Waals surface area contributed by atoms with Gasteiger partial charge in [0.25, 0.3) is 0 Å². The highest BCUT2D eigenvalue weighted by Gasteiger charge is 2.32. The van der Waals surface area contributed by atoms with E-state index in [2.05, 4.69) is 5.32 Å². The summed E-state index contributed by atoms with van der Waals surface area (Å²) in [7, 11) is 0. The molecule has 3 amide bonds. The molecule has 0 radical (unpaired) electrons. The van der Waals surface area contributed by atoms with Crippen molar-refractivity contribution in [3.05, 3.63) is 86.6 Å². The first-order chi connectivity index (χ1) is 18.9. The van der Waals surface area contributed by atoms with Crippen LogP contribution in [0, 0.1) is 5.82 Å². The molecule has 0 spiro atoms. The predicted octanol–water partition coefficient (Wildman–Crippen LogP) is 8.84. The van der Waals surface area contributed by atoms with Gasteiger partial charge in [0, 0.05) is 30.8 Å². The highest BCUT2D eigenvalue weighted by Crippen LogP contribution is 2.46. The summed E-state index contributed by atoms with van der Waals surface area (Å²) in [5.74, 6) is -0.450. The summed E-state index contributed by atoms with van der Waals surface area (Å²) in [4.78, 5) is 29.0. The Balaban J connectivity index is 1.65. The number of benzene rings is 3. The van der Waals surface area contributed by atoms with E-state index in [1.54, 1.807) is 29.2 Å². The van der Waals surface area contributed by atoms with E-state index in [4.69, 9.17) is 39.5 Å². The van der Waals surface area contributed by atoms with Gasteiger partial charge in [-0.2, -0.15) is 0 Å². The molecule has 3 aromatic carbocycles. The van der Waals surface area contributed by atoms with Crippen LogP contribution in [0.4, 0.5) is 25.4 Å². The van der Waals surface area contributed by atoms with Crippen LogP contribution >= 0.6 is 34.8 Å². The first kappa shape index (κ1) is 28.3. The summed E-state index contributed by atoms with van der Waals surface area (Å²) in [5, 5.41) is 3.77. The molecule has 0 saturated heterocycles. The number of ether oxygens (including phenoxy) is 1. The summed E-state index contributed by atoms with van der Waals surface area (Å²) in [6.07, 6.45) is 2.16. The third-order valence-electron chi connectivity index (χ3n) is 6.70. The minimum Gasteiger partial charge on any atom is -0.444 e. The van der Waals surface area contributed by atoms with Gasteiger partial charge in [-0.05, 0) is 86.4 Å². The fraction of sp³-hybridized carbons (Fsp3) is 0.267. The smallest absolute Gasteiger partial charge is 0.410 e. The summed E-state index contributed by atoms with van der Waals surface area (Å²) in [6, 6.07) is 12.8. The molecule has 10 heteroatoms. The maximum atomic E-state index is 14.0. The van der Waals surface area contributed by atoms with Gasteiger partial charge in [-0.15, -0.1) is 0 Å². The molecule has 0 saturated carbocycles. The molecular formula is C30H27Cl3FN3O3. The van der Waals surface area contributed by atoms with Crippen molar-refractivity contribution in [3.63, 3.8) is 0 Å². The van der Waals surface area contributed by atoms with Gasteiger partial charge in [-0.3, -0.25) is 4.90 Å². The summed E-state index contributed by atoms with van der Waals surface area (Å²) in [6.45, 7) is 6.55. The molecule has 40 heavy (non-hydrogen) atoms. The number of amides is 3. The second kappa shape index (κ2) is 11.0. The lowest BCUT2D eigenvalue weighted by molar-refractivity contribution is 0.0270. The van der Waals surface area contributed by atoms with Gasteiger partial charge in [-0.1, -0.05) is 46.9 Å². The molecular weight excluding hydrogens is 576 g/mol. The maximum Gasteiger partial charge on any atom is 0.410 e. The number of fused-ring (bicyclic) bond motifs is 1. The topological polar surface area (TPSA) is 61.9 Å². The van der Waals surface area contributed by atoms with Crippen LogP contribution in [-0.2, 0) is 11.3 Å². The van der Waals surface area contributed by atoms with E-state index in [1.165, 1.54) is 17.0 Å². The molecule has 1 N–H and O–H groups in total. The minimum absolute atomic E-state index is 0.224. The van der Waals surface area contributed by atoms with Crippen LogP contribution in [0.5, 0.6) is 0 Å². The van der Waals surface area contributed by atoms with Crippen molar-refractivity contribution in [2.45, 2.75) is 39.3 Å². The van der Waals surface area contributed by atoms with Crippen molar-refractivity contribution in [2.24, 2.45) is 0 Å². The molecule has 0 atom stereocenters. The van der Waals surface area contributed by atoms with Crippen LogP contribution < -0.4 is 10.2 Å². The van der Waals surface area contributed by atoms with Gasteiger partial charge in [-0.25, -0.2) is 14.0 Å². The van der Waals surface area contributed by atoms with E-state index < -0.39 is 11.4 Å². The summed E-state index contributed by atoms with van der Waals surface area (Å²) >= 11 is 19.6. The van der Waals surface area contributed by atoms with Crippen molar-refractivity contribution in [1.82, 2.24) is 10.2 Å². The Morgan fingerprint density at radius 1 is 1.00 bits per heavy atom. The second-order valence-electron chi connectivity index (χ2n) is 10.6. The van der Waals surface area contributed by atoms with Crippen molar-refractivity contribution in [2.75, 3.05) is 18.0 Å². The van der Waals surface area contributed by atoms with E-state index in [1.807, 2.05) is 39.0 Å². The van der Waals surface area contributed by atoms with Gasteiger partial charge < -0.3 is 15.0 Å². The Bertz CT molecular complexity index is 1530. The van der Waals surface area contributed by atoms with Crippen molar-refractivity contribution in [1.29, 1.82) is 0 Å². The highest BCUT2D eigenvalue weighted by atomic mass is 35.5. The van der Waals surface area contributed by atoms with Crippen LogP contribution in [-0.4, -0.2) is 35.7 Å². The van der Waals surface area contributed by atoms with Crippen molar-refractivity contribution >= 4 is 63.9 Å². The molecule has 2 aliphatic heterocycles. The normalized spacial score (nSPS) is 15.4. The first-order valence-electron chi connectivity index (χ1n) is 12.7. The van der Waals surface area contributed by atoms with Crippen molar-refractivity contribution in [3.8, 4) is 11.1 Å². The Hall–Kier alpha value is -3.26. The molecule has 208 valence electrons. The zero-order valence-corrected chi connectivity index (χ0v) is 24.4. The van der Waals surface area contributed by atoms with Crippen molar-refractivity contribution < 1.29 is 18.7 Å². The average molecular weight is 603 g/mol. The molecule has 0 aromatic heterocycles. The third kappa shape index (κ3) is 5.64. The van der Waals surface area contributed by atoms with E-state index >= 15 is 0 Å². The van der Waals surface area contributed by atoms with Crippen LogP contribution in [0.3, 0.4) is 0 Å². The molecule has 0 bridgehead atoms. The Morgan fingerprint density at radius 3 is 2.35 bits per heavy atom. The number of hydrogen-bond donors (Lipinski definition) is 1. The molecule has 3 aromatic rings. The molecule has 0 unspecified atom stereocenters. The van der Waals surface area contributed by atoms with Gasteiger partial charge >= 0.3 is 12.1 Å². The van der Waals surface area contributed by atoms with Crippen LogP contribution in [0.2, 0.25) is 15.1 Å². The number of para-hydroxylation sites is 1. The molecule has 5 rings (SSSR count). The predicted molar refractivity (Wildman–Crippen MR) is 158 cm³/mol. The van der Waals surface area contributed by atoms with E-state index in [0.717, 1.165) is 22.3 Å². The lowest BCUT2D eigenvalue weighted by atomic mass is 9.89. The number of anilines is 2. The fourth-order valence-electron chi connectivity index (χ4n) is 4.88. The molecule has 0 fully saturated rings. The number of carbonyl (C=O) groups excluding carboxylic acids is 2. The zero-order chi connectivity index (χ0) is 28.8. The number of nitrogens with one attached hydrogen (secondary N) is 1. The second-order valence-corrected chi connectivity index (χ2v) is 11.8. The zero-order valence-electron chi connectivity index (χ0n) is 22.2. The Kier molecular flexibility index (Phi) is 7.75. The summed E-state index contributed by atoms with van der Waals surface area (Å²) in [5.41, 5.74) is 4.30.